The summed E-state index contributed by atoms with van der Waals surface area (Å²) in [5.74, 6) is -0.872. The van der Waals surface area contributed by atoms with Crippen molar-refractivity contribution in [1.82, 2.24) is 0 Å². The molecule has 19 heavy (non-hydrogen) atoms. The summed E-state index contributed by atoms with van der Waals surface area (Å²) >= 11 is 0. The van der Waals surface area contributed by atoms with Crippen LogP contribution in [0.25, 0.3) is 0 Å². The lowest BCUT2D eigenvalue weighted by Crippen LogP contribution is -2.17. The van der Waals surface area contributed by atoms with Crippen molar-refractivity contribution >= 4 is 11.7 Å². The second-order valence-electron chi connectivity index (χ2n) is 5.43. The molecule has 0 bridgehead atoms. The summed E-state index contributed by atoms with van der Waals surface area (Å²) in [4.78, 5) is 10.9. The highest BCUT2D eigenvalue weighted by atomic mass is 16.5. The van der Waals surface area contributed by atoms with Gasteiger partial charge in [0.25, 0.3) is 0 Å². The summed E-state index contributed by atoms with van der Waals surface area (Å²) in [7, 11) is 1.73. The number of benzene rings is 1. The zero-order chi connectivity index (χ0) is 13.9. The molecule has 0 amide bonds. The molecule has 104 valence electrons. The highest BCUT2D eigenvalue weighted by Gasteiger charge is 2.41. The predicted octanol–water partition coefficient (Wildman–Crippen LogP) is 2.92. The highest BCUT2D eigenvalue weighted by molar-refractivity contribution is 5.89. The number of hydrogen-bond acceptors (Lipinski definition) is 3. The maximum Gasteiger partial charge on any atom is 0.335 e. The summed E-state index contributed by atoms with van der Waals surface area (Å²) in [5.41, 5.74) is 2.53. The van der Waals surface area contributed by atoms with Crippen LogP contribution in [0.5, 0.6) is 0 Å². The minimum atomic E-state index is -0.872. The van der Waals surface area contributed by atoms with Gasteiger partial charge in [0, 0.05) is 25.9 Å². The smallest absolute Gasteiger partial charge is 0.335 e. The average Bonchev–Trinajstić information content (AvgIpc) is 3.14. The first-order valence-corrected chi connectivity index (χ1v) is 6.63. The van der Waals surface area contributed by atoms with Crippen LogP contribution in [0.2, 0.25) is 0 Å². The van der Waals surface area contributed by atoms with Crippen molar-refractivity contribution < 1.29 is 14.6 Å². The molecule has 0 saturated heterocycles. The molecule has 0 unspecified atom stereocenters. The van der Waals surface area contributed by atoms with Crippen molar-refractivity contribution in [1.29, 1.82) is 0 Å². The molecule has 1 fully saturated rings. The van der Waals surface area contributed by atoms with E-state index in [1.165, 1.54) is 12.8 Å². The highest BCUT2D eigenvalue weighted by Crippen LogP contribution is 2.48. The number of methoxy groups -OCH3 is 1. The van der Waals surface area contributed by atoms with Crippen LogP contribution in [-0.2, 0) is 4.74 Å². The third kappa shape index (κ3) is 3.47. The Bertz CT molecular complexity index is 466. The summed E-state index contributed by atoms with van der Waals surface area (Å²) in [6, 6.07) is 5.40. The fourth-order valence-electron chi connectivity index (χ4n) is 2.31. The first-order valence-electron chi connectivity index (χ1n) is 6.63. The van der Waals surface area contributed by atoms with Gasteiger partial charge in [-0.15, -0.1) is 0 Å². The van der Waals surface area contributed by atoms with Gasteiger partial charge >= 0.3 is 5.97 Å². The quantitative estimate of drug-likeness (QED) is 0.794. The molecule has 4 heteroatoms. The number of hydrogen-bond donors (Lipinski definition) is 2. The summed E-state index contributed by atoms with van der Waals surface area (Å²) in [5, 5.41) is 12.4. The van der Waals surface area contributed by atoms with Gasteiger partial charge in [-0.2, -0.15) is 0 Å². The number of ether oxygens (including phenoxy) is 1. The second-order valence-corrected chi connectivity index (χ2v) is 5.43. The topological polar surface area (TPSA) is 58.6 Å². The van der Waals surface area contributed by atoms with Gasteiger partial charge in [-0.25, -0.2) is 4.79 Å². The molecular formula is C15H21NO3. The number of carbonyl (C=O) groups is 1. The molecule has 0 aliphatic heterocycles. The molecule has 1 aromatic rings. The van der Waals surface area contributed by atoms with Crippen LogP contribution < -0.4 is 5.32 Å². The lowest BCUT2D eigenvalue weighted by Gasteiger charge is -2.17. The van der Waals surface area contributed by atoms with Crippen LogP contribution in [0.4, 0.5) is 5.69 Å². The van der Waals surface area contributed by atoms with Gasteiger partial charge in [0.15, 0.2) is 0 Å². The van der Waals surface area contributed by atoms with Crippen LogP contribution in [0.3, 0.4) is 0 Å². The number of anilines is 1. The molecule has 0 spiro atoms. The molecule has 1 aliphatic rings. The van der Waals surface area contributed by atoms with Gasteiger partial charge in [-0.3, -0.25) is 0 Å². The Morgan fingerprint density at radius 3 is 2.74 bits per heavy atom. The Kier molecular flexibility index (Phi) is 4.10. The van der Waals surface area contributed by atoms with Gasteiger partial charge in [0.1, 0.15) is 0 Å². The first-order chi connectivity index (χ1) is 9.06. The Hall–Kier alpha value is -1.55. The minimum Gasteiger partial charge on any atom is -0.478 e. The third-order valence-electron chi connectivity index (χ3n) is 3.92. The Morgan fingerprint density at radius 2 is 2.21 bits per heavy atom. The predicted molar refractivity (Wildman–Crippen MR) is 74.8 cm³/mol. The van der Waals surface area contributed by atoms with E-state index in [1.807, 2.05) is 19.1 Å². The number of carboxylic acid groups (broad SMARTS) is 1. The Labute approximate surface area is 113 Å². The largest absolute Gasteiger partial charge is 0.478 e. The van der Waals surface area contributed by atoms with Crippen molar-refractivity contribution in [3.05, 3.63) is 29.3 Å². The van der Waals surface area contributed by atoms with E-state index in [-0.39, 0.29) is 0 Å². The van der Waals surface area contributed by atoms with E-state index in [2.05, 4.69) is 5.32 Å². The molecule has 0 atom stereocenters. The van der Waals surface area contributed by atoms with Crippen LogP contribution in [0, 0.1) is 12.3 Å². The zero-order valence-electron chi connectivity index (χ0n) is 11.5. The van der Waals surface area contributed by atoms with Gasteiger partial charge < -0.3 is 15.2 Å². The van der Waals surface area contributed by atoms with E-state index in [1.54, 1.807) is 13.2 Å². The molecule has 1 saturated carbocycles. The Balaban J connectivity index is 1.93. The molecule has 4 nitrogen and oxygen atoms in total. The number of aromatic carboxylic acids is 1. The van der Waals surface area contributed by atoms with E-state index in [0.29, 0.717) is 11.0 Å². The SMILES string of the molecule is COCCC1(CNc2ccc(C(=O)O)c(C)c2)CC1. The summed E-state index contributed by atoms with van der Waals surface area (Å²) in [6.45, 7) is 3.56. The first kappa shape index (κ1) is 13.9. The van der Waals surface area contributed by atoms with Crippen LogP contribution >= 0.6 is 0 Å². The third-order valence-corrected chi connectivity index (χ3v) is 3.92. The molecule has 2 rings (SSSR count). The monoisotopic (exact) mass is 263 g/mol. The van der Waals surface area contributed by atoms with E-state index in [9.17, 15) is 4.79 Å². The summed E-state index contributed by atoms with van der Waals surface area (Å²) < 4.78 is 5.14. The standard InChI is InChI=1S/C15H21NO3/c1-11-9-12(3-4-13(11)14(17)18)16-10-15(5-6-15)7-8-19-2/h3-4,9,16H,5-8,10H2,1-2H3,(H,17,18). The minimum absolute atomic E-state index is 0.367. The molecule has 1 aliphatic carbocycles. The zero-order valence-corrected chi connectivity index (χ0v) is 11.5. The van der Waals surface area contributed by atoms with E-state index in [0.717, 1.165) is 30.8 Å². The van der Waals surface area contributed by atoms with E-state index < -0.39 is 5.97 Å². The molecule has 2 N–H and O–H groups in total. The van der Waals surface area contributed by atoms with Gasteiger partial charge in [0.2, 0.25) is 0 Å². The van der Waals surface area contributed by atoms with Crippen molar-refractivity contribution in [3.63, 3.8) is 0 Å². The molecule has 0 aromatic heterocycles. The lowest BCUT2D eigenvalue weighted by molar-refractivity contribution is 0.0696. The van der Waals surface area contributed by atoms with Crippen LogP contribution in [0.15, 0.2) is 18.2 Å². The van der Waals surface area contributed by atoms with Crippen LogP contribution in [0.1, 0.15) is 35.2 Å². The fraction of sp³-hybridized carbons (Fsp3) is 0.533. The second kappa shape index (κ2) is 5.61. The lowest BCUT2D eigenvalue weighted by atomic mass is 10.0. The number of nitrogens with one attached hydrogen (secondary N) is 1. The van der Waals surface area contributed by atoms with Gasteiger partial charge in [-0.05, 0) is 55.4 Å². The van der Waals surface area contributed by atoms with Gasteiger partial charge in [-0.1, -0.05) is 0 Å². The van der Waals surface area contributed by atoms with Crippen molar-refractivity contribution in [3.8, 4) is 0 Å². The van der Waals surface area contributed by atoms with E-state index >= 15 is 0 Å². The normalized spacial score (nSPS) is 16.1. The summed E-state index contributed by atoms with van der Waals surface area (Å²) in [6.07, 6.45) is 3.58. The Morgan fingerprint density at radius 1 is 1.47 bits per heavy atom. The maximum atomic E-state index is 10.9. The average molecular weight is 263 g/mol. The molecule has 0 radical (unpaired) electrons. The number of aryl methyl sites for hydroxylation is 1. The van der Waals surface area contributed by atoms with Crippen LogP contribution in [-0.4, -0.2) is 31.3 Å². The van der Waals surface area contributed by atoms with Crippen molar-refractivity contribution in [2.24, 2.45) is 5.41 Å². The molecule has 1 aromatic carbocycles. The molecule has 0 heterocycles. The number of rotatable bonds is 7. The van der Waals surface area contributed by atoms with Gasteiger partial charge in [0.05, 0.1) is 5.56 Å². The maximum absolute atomic E-state index is 10.9. The van der Waals surface area contributed by atoms with E-state index in [4.69, 9.17) is 9.84 Å². The fourth-order valence-corrected chi connectivity index (χ4v) is 2.31. The number of carboxylic acids is 1. The van der Waals surface area contributed by atoms with Crippen molar-refractivity contribution in [2.75, 3.05) is 25.6 Å². The van der Waals surface area contributed by atoms with Crippen molar-refractivity contribution in [2.45, 2.75) is 26.2 Å². The molecular weight excluding hydrogens is 242 g/mol.